The fourth-order valence-electron chi connectivity index (χ4n) is 2.86. The Morgan fingerprint density at radius 3 is 2.59 bits per heavy atom. The summed E-state index contributed by atoms with van der Waals surface area (Å²) < 4.78 is 26.9. The van der Waals surface area contributed by atoms with Crippen LogP contribution < -0.4 is 5.32 Å². The summed E-state index contributed by atoms with van der Waals surface area (Å²) in [7, 11) is 0. The highest BCUT2D eigenvalue weighted by Crippen LogP contribution is 2.39. The lowest BCUT2D eigenvalue weighted by Gasteiger charge is -2.36. The summed E-state index contributed by atoms with van der Waals surface area (Å²) >= 11 is 0. The Morgan fingerprint density at radius 1 is 1.35 bits per heavy atom. The van der Waals surface area contributed by atoms with Crippen LogP contribution in [-0.2, 0) is 0 Å². The number of nitrogens with one attached hydrogen (secondary N) is 1. The summed E-state index contributed by atoms with van der Waals surface area (Å²) in [6, 6.07) is 0.279. The first-order chi connectivity index (χ1) is 7.98. The molecule has 0 radical (unpaired) electrons. The van der Waals surface area contributed by atoms with Gasteiger partial charge in [-0.2, -0.15) is 0 Å². The number of alkyl halides is 2. The van der Waals surface area contributed by atoms with Gasteiger partial charge in [0.2, 0.25) is 5.92 Å². The SMILES string of the molecule is CCNC(CC(C)CC)C1CCCC(F)(F)C1. The van der Waals surface area contributed by atoms with E-state index >= 15 is 0 Å². The van der Waals surface area contributed by atoms with Crippen LogP contribution in [0.5, 0.6) is 0 Å². The van der Waals surface area contributed by atoms with Crippen LogP contribution >= 0.6 is 0 Å². The van der Waals surface area contributed by atoms with Crippen LogP contribution in [0.2, 0.25) is 0 Å². The van der Waals surface area contributed by atoms with Gasteiger partial charge in [0, 0.05) is 18.9 Å². The molecule has 0 aromatic carbocycles. The Labute approximate surface area is 104 Å². The molecule has 3 heteroatoms. The molecule has 3 atom stereocenters. The Kier molecular flexibility index (Phi) is 5.84. The van der Waals surface area contributed by atoms with E-state index in [9.17, 15) is 8.78 Å². The fraction of sp³-hybridized carbons (Fsp3) is 1.00. The standard InChI is InChI=1S/C14H27F2N/c1-4-11(3)9-13(17-5-2)12-7-6-8-14(15,16)10-12/h11-13,17H,4-10H2,1-3H3. The van der Waals surface area contributed by atoms with Gasteiger partial charge in [-0.05, 0) is 37.6 Å². The lowest BCUT2D eigenvalue weighted by molar-refractivity contribution is -0.0592. The van der Waals surface area contributed by atoms with Gasteiger partial charge in [0.25, 0.3) is 0 Å². The first-order valence-corrected chi connectivity index (χ1v) is 7.09. The van der Waals surface area contributed by atoms with E-state index < -0.39 is 5.92 Å². The second kappa shape index (κ2) is 6.67. The number of rotatable bonds is 6. The van der Waals surface area contributed by atoms with Gasteiger partial charge in [-0.25, -0.2) is 8.78 Å². The van der Waals surface area contributed by atoms with Crippen molar-refractivity contribution < 1.29 is 8.78 Å². The molecule has 0 amide bonds. The molecular formula is C14H27F2N. The Bertz CT molecular complexity index is 218. The number of halogens is 2. The molecule has 3 unspecified atom stereocenters. The maximum atomic E-state index is 13.4. The molecule has 17 heavy (non-hydrogen) atoms. The molecule has 1 nitrogen and oxygen atoms in total. The van der Waals surface area contributed by atoms with Gasteiger partial charge in [0.1, 0.15) is 0 Å². The zero-order valence-corrected chi connectivity index (χ0v) is 11.4. The average Bonchev–Trinajstić information content (AvgIpc) is 2.27. The van der Waals surface area contributed by atoms with Gasteiger partial charge in [-0.15, -0.1) is 0 Å². The lowest BCUT2D eigenvalue weighted by Crippen LogP contribution is -2.42. The normalized spacial score (nSPS) is 27.7. The van der Waals surface area contributed by atoms with Crippen LogP contribution in [-0.4, -0.2) is 18.5 Å². The third-order valence-electron chi connectivity index (χ3n) is 4.07. The van der Waals surface area contributed by atoms with Crippen LogP contribution in [0.3, 0.4) is 0 Å². The molecular weight excluding hydrogens is 220 g/mol. The van der Waals surface area contributed by atoms with Gasteiger partial charge < -0.3 is 5.32 Å². The van der Waals surface area contributed by atoms with Gasteiger partial charge >= 0.3 is 0 Å². The van der Waals surface area contributed by atoms with E-state index in [0.29, 0.717) is 12.3 Å². The molecule has 0 aromatic rings. The highest BCUT2D eigenvalue weighted by molar-refractivity contribution is 4.86. The van der Waals surface area contributed by atoms with Crippen molar-refractivity contribution in [2.24, 2.45) is 11.8 Å². The van der Waals surface area contributed by atoms with Crippen LogP contribution in [0.4, 0.5) is 8.78 Å². The Morgan fingerprint density at radius 2 is 2.06 bits per heavy atom. The van der Waals surface area contributed by atoms with E-state index in [4.69, 9.17) is 0 Å². The molecule has 1 aliphatic carbocycles. The molecule has 0 aromatic heterocycles. The van der Waals surface area contributed by atoms with Gasteiger partial charge in [0.05, 0.1) is 0 Å². The van der Waals surface area contributed by atoms with Crippen molar-refractivity contribution in [2.45, 2.75) is 71.3 Å². The molecule has 102 valence electrons. The summed E-state index contributed by atoms with van der Waals surface area (Å²) in [5.41, 5.74) is 0. The Balaban J connectivity index is 2.56. The van der Waals surface area contributed by atoms with Gasteiger partial charge in [-0.3, -0.25) is 0 Å². The quantitative estimate of drug-likeness (QED) is 0.740. The minimum absolute atomic E-state index is 0.0844. The van der Waals surface area contributed by atoms with Crippen LogP contribution in [0.1, 0.15) is 59.3 Å². The molecule has 0 bridgehead atoms. The highest BCUT2D eigenvalue weighted by Gasteiger charge is 2.39. The van der Waals surface area contributed by atoms with E-state index in [1.54, 1.807) is 0 Å². The van der Waals surface area contributed by atoms with Crippen LogP contribution in [0, 0.1) is 11.8 Å². The maximum absolute atomic E-state index is 13.4. The molecule has 0 saturated heterocycles. The zero-order chi connectivity index (χ0) is 12.9. The van der Waals surface area contributed by atoms with Crippen molar-refractivity contribution in [3.05, 3.63) is 0 Å². The molecule has 1 saturated carbocycles. The summed E-state index contributed by atoms with van der Waals surface area (Å²) in [5, 5.41) is 3.42. The van der Waals surface area contributed by atoms with E-state index in [1.165, 1.54) is 0 Å². The summed E-state index contributed by atoms with van der Waals surface area (Å²) in [6.45, 7) is 7.32. The van der Waals surface area contributed by atoms with E-state index in [2.05, 4.69) is 26.1 Å². The van der Waals surface area contributed by atoms with E-state index in [0.717, 1.165) is 25.8 Å². The van der Waals surface area contributed by atoms with Gasteiger partial charge in [-0.1, -0.05) is 27.2 Å². The molecule has 1 rings (SSSR count). The minimum Gasteiger partial charge on any atom is -0.314 e. The van der Waals surface area contributed by atoms with Crippen LogP contribution in [0.25, 0.3) is 0 Å². The van der Waals surface area contributed by atoms with E-state index in [1.807, 2.05) is 0 Å². The predicted octanol–water partition coefficient (Wildman–Crippen LogP) is 4.23. The number of hydrogen-bond acceptors (Lipinski definition) is 1. The molecule has 1 fully saturated rings. The zero-order valence-electron chi connectivity index (χ0n) is 11.4. The summed E-state index contributed by atoms with van der Waals surface area (Å²) in [4.78, 5) is 0. The van der Waals surface area contributed by atoms with Gasteiger partial charge in [0.15, 0.2) is 0 Å². The second-order valence-corrected chi connectivity index (χ2v) is 5.63. The monoisotopic (exact) mass is 247 g/mol. The third kappa shape index (κ3) is 4.90. The van der Waals surface area contributed by atoms with Crippen molar-refractivity contribution in [1.29, 1.82) is 0 Å². The summed E-state index contributed by atoms with van der Waals surface area (Å²) in [5.74, 6) is -1.64. The Hall–Kier alpha value is -0.180. The predicted molar refractivity (Wildman–Crippen MR) is 68.4 cm³/mol. The first-order valence-electron chi connectivity index (χ1n) is 7.09. The van der Waals surface area contributed by atoms with Crippen molar-refractivity contribution in [1.82, 2.24) is 5.32 Å². The molecule has 1 N–H and O–H groups in total. The topological polar surface area (TPSA) is 12.0 Å². The van der Waals surface area contributed by atoms with Crippen molar-refractivity contribution in [2.75, 3.05) is 6.54 Å². The highest BCUT2D eigenvalue weighted by atomic mass is 19.3. The molecule has 0 heterocycles. The summed E-state index contributed by atoms with van der Waals surface area (Å²) in [6.07, 6.45) is 3.98. The minimum atomic E-state index is -2.42. The third-order valence-corrected chi connectivity index (χ3v) is 4.07. The molecule has 1 aliphatic rings. The smallest absolute Gasteiger partial charge is 0.248 e. The van der Waals surface area contributed by atoms with Crippen molar-refractivity contribution >= 4 is 0 Å². The lowest BCUT2D eigenvalue weighted by atomic mass is 9.78. The van der Waals surface area contributed by atoms with Crippen molar-refractivity contribution in [3.8, 4) is 0 Å². The van der Waals surface area contributed by atoms with Crippen LogP contribution in [0.15, 0.2) is 0 Å². The largest absolute Gasteiger partial charge is 0.314 e. The average molecular weight is 247 g/mol. The molecule has 0 aliphatic heterocycles. The van der Waals surface area contributed by atoms with E-state index in [-0.39, 0.29) is 24.8 Å². The number of hydrogen-bond donors (Lipinski definition) is 1. The van der Waals surface area contributed by atoms with Crippen molar-refractivity contribution in [3.63, 3.8) is 0 Å². The maximum Gasteiger partial charge on any atom is 0.248 e. The fourth-order valence-corrected chi connectivity index (χ4v) is 2.86. The second-order valence-electron chi connectivity index (χ2n) is 5.63. The first kappa shape index (κ1) is 14.9. The molecule has 0 spiro atoms.